The Morgan fingerprint density at radius 3 is 2.58 bits per heavy atom. The molecule has 1 heterocycles. The standard InChI is InChI=1S/C14H14ClN3O/c1-9-8-12(18-17-9)13(19)16-14(6-7-14)10-2-4-11(15)5-3-10/h2-5,8H,6-7H2,1H3,(H,16,19)(H,17,18). The van der Waals surface area contributed by atoms with Crippen LogP contribution < -0.4 is 5.32 Å². The maximum atomic E-state index is 12.1. The maximum Gasteiger partial charge on any atom is 0.272 e. The van der Waals surface area contributed by atoms with Gasteiger partial charge in [-0.25, -0.2) is 0 Å². The lowest BCUT2D eigenvalue weighted by Crippen LogP contribution is -2.35. The number of amides is 1. The molecule has 1 amide bonds. The van der Waals surface area contributed by atoms with Crippen LogP contribution >= 0.6 is 11.6 Å². The van der Waals surface area contributed by atoms with Gasteiger partial charge >= 0.3 is 0 Å². The van der Waals surface area contributed by atoms with Gasteiger partial charge < -0.3 is 5.32 Å². The first-order valence-electron chi connectivity index (χ1n) is 6.20. The summed E-state index contributed by atoms with van der Waals surface area (Å²) >= 11 is 5.89. The average Bonchev–Trinajstić information content (AvgIpc) is 3.03. The molecule has 1 fully saturated rings. The highest BCUT2D eigenvalue weighted by Crippen LogP contribution is 2.45. The summed E-state index contributed by atoms with van der Waals surface area (Å²) in [6.45, 7) is 1.87. The third-order valence-electron chi connectivity index (χ3n) is 3.44. The summed E-state index contributed by atoms with van der Waals surface area (Å²) in [7, 11) is 0. The summed E-state index contributed by atoms with van der Waals surface area (Å²) in [6, 6.07) is 9.37. The summed E-state index contributed by atoms with van der Waals surface area (Å²) in [5.74, 6) is -0.142. The molecule has 0 saturated heterocycles. The molecule has 2 aromatic rings. The van der Waals surface area contributed by atoms with Gasteiger partial charge in [-0.15, -0.1) is 0 Å². The predicted molar refractivity (Wildman–Crippen MR) is 73.2 cm³/mol. The second kappa shape index (κ2) is 4.38. The minimum absolute atomic E-state index is 0.142. The molecule has 0 atom stereocenters. The molecule has 1 aromatic heterocycles. The van der Waals surface area contributed by atoms with E-state index in [4.69, 9.17) is 11.6 Å². The van der Waals surface area contributed by atoms with E-state index in [0.29, 0.717) is 10.7 Å². The van der Waals surface area contributed by atoms with Gasteiger partial charge in [-0.05, 0) is 43.5 Å². The van der Waals surface area contributed by atoms with E-state index in [1.54, 1.807) is 6.07 Å². The highest BCUT2D eigenvalue weighted by molar-refractivity contribution is 6.30. The fraction of sp³-hybridized carbons (Fsp3) is 0.286. The molecule has 2 N–H and O–H groups in total. The number of H-pyrrole nitrogens is 1. The third-order valence-corrected chi connectivity index (χ3v) is 3.69. The predicted octanol–water partition coefficient (Wildman–Crippen LogP) is 2.79. The lowest BCUT2D eigenvalue weighted by atomic mass is 10.0. The molecule has 0 spiro atoms. The van der Waals surface area contributed by atoms with Crippen molar-refractivity contribution < 1.29 is 4.79 Å². The van der Waals surface area contributed by atoms with Crippen LogP contribution in [-0.2, 0) is 5.54 Å². The Morgan fingerprint density at radius 1 is 1.37 bits per heavy atom. The van der Waals surface area contributed by atoms with Gasteiger partial charge in [-0.3, -0.25) is 9.89 Å². The molecule has 1 aromatic carbocycles. The number of aromatic nitrogens is 2. The molecule has 1 aliphatic rings. The Kier molecular flexibility index (Phi) is 2.82. The van der Waals surface area contributed by atoms with E-state index in [1.165, 1.54) is 0 Å². The smallest absolute Gasteiger partial charge is 0.272 e. The minimum Gasteiger partial charge on any atom is -0.341 e. The number of hydrogen-bond acceptors (Lipinski definition) is 2. The third kappa shape index (κ3) is 2.36. The van der Waals surface area contributed by atoms with Crippen molar-refractivity contribution >= 4 is 17.5 Å². The van der Waals surface area contributed by atoms with E-state index in [9.17, 15) is 4.79 Å². The van der Waals surface area contributed by atoms with Gasteiger partial charge in [0.05, 0.1) is 5.54 Å². The van der Waals surface area contributed by atoms with Crippen LogP contribution in [0.3, 0.4) is 0 Å². The number of carbonyl (C=O) groups is 1. The van der Waals surface area contributed by atoms with Crippen molar-refractivity contribution in [2.45, 2.75) is 25.3 Å². The number of rotatable bonds is 3. The molecule has 3 rings (SSSR count). The van der Waals surface area contributed by atoms with Crippen molar-refractivity contribution in [3.8, 4) is 0 Å². The molecule has 19 heavy (non-hydrogen) atoms. The summed E-state index contributed by atoms with van der Waals surface area (Å²) in [5, 5.41) is 10.5. The van der Waals surface area contributed by atoms with E-state index in [2.05, 4.69) is 15.5 Å². The number of nitrogens with zero attached hydrogens (tertiary/aromatic N) is 1. The molecule has 98 valence electrons. The van der Waals surface area contributed by atoms with E-state index in [1.807, 2.05) is 31.2 Å². The number of nitrogens with one attached hydrogen (secondary N) is 2. The molecule has 0 aliphatic heterocycles. The van der Waals surface area contributed by atoms with Gasteiger partial charge in [0.1, 0.15) is 5.69 Å². The van der Waals surface area contributed by atoms with Crippen molar-refractivity contribution in [3.05, 3.63) is 52.3 Å². The van der Waals surface area contributed by atoms with Gasteiger partial charge in [0.15, 0.2) is 0 Å². The molecular formula is C14H14ClN3O. The molecular weight excluding hydrogens is 262 g/mol. The lowest BCUT2D eigenvalue weighted by molar-refractivity contribution is 0.0925. The maximum absolute atomic E-state index is 12.1. The van der Waals surface area contributed by atoms with Crippen LogP contribution in [0, 0.1) is 6.92 Å². The molecule has 4 nitrogen and oxygen atoms in total. The Hall–Kier alpha value is -1.81. The molecule has 5 heteroatoms. The number of hydrogen-bond donors (Lipinski definition) is 2. The van der Waals surface area contributed by atoms with Crippen LogP contribution in [0.4, 0.5) is 0 Å². The number of aromatic amines is 1. The average molecular weight is 276 g/mol. The first-order chi connectivity index (χ1) is 9.09. The van der Waals surface area contributed by atoms with Gasteiger partial charge in [-0.1, -0.05) is 23.7 Å². The van der Waals surface area contributed by atoms with Crippen molar-refractivity contribution in [1.82, 2.24) is 15.5 Å². The Morgan fingerprint density at radius 2 is 2.05 bits per heavy atom. The fourth-order valence-corrected chi connectivity index (χ4v) is 2.32. The molecule has 0 bridgehead atoms. The van der Waals surface area contributed by atoms with Crippen LogP contribution in [-0.4, -0.2) is 16.1 Å². The van der Waals surface area contributed by atoms with E-state index in [-0.39, 0.29) is 11.4 Å². The Bertz CT molecular complexity index is 614. The zero-order valence-electron chi connectivity index (χ0n) is 10.5. The van der Waals surface area contributed by atoms with Crippen molar-refractivity contribution in [2.75, 3.05) is 0 Å². The summed E-state index contributed by atoms with van der Waals surface area (Å²) in [5.41, 5.74) is 2.16. The van der Waals surface area contributed by atoms with Crippen LogP contribution in [0.25, 0.3) is 0 Å². The quantitative estimate of drug-likeness (QED) is 0.905. The zero-order valence-corrected chi connectivity index (χ0v) is 11.3. The first kappa shape index (κ1) is 12.2. The topological polar surface area (TPSA) is 57.8 Å². The normalized spacial score (nSPS) is 16.1. The summed E-state index contributed by atoms with van der Waals surface area (Å²) in [6.07, 6.45) is 1.90. The minimum atomic E-state index is -0.242. The molecule has 0 radical (unpaired) electrons. The van der Waals surface area contributed by atoms with Crippen LogP contribution in [0.15, 0.2) is 30.3 Å². The van der Waals surface area contributed by atoms with Crippen molar-refractivity contribution in [1.29, 1.82) is 0 Å². The fourth-order valence-electron chi connectivity index (χ4n) is 2.20. The molecule has 0 unspecified atom stereocenters. The SMILES string of the molecule is Cc1cc(C(=O)NC2(c3ccc(Cl)cc3)CC2)n[nH]1. The second-order valence-electron chi connectivity index (χ2n) is 4.98. The molecule has 1 saturated carbocycles. The Balaban J connectivity index is 1.79. The van der Waals surface area contributed by atoms with Crippen LogP contribution in [0.5, 0.6) is 0 Å². The number of carbonyl (C=O) groups excluding carboxylic acids is 1. The van der Waals surface area contributed by atoms with E-state index >= 15 is 0 Å². The highest BCUT2D eigenvalue weighted by Gasteiger charge is 2.45. The van der Waals surface area contributed by atoms with Gasteiger partial charge in [0, 0.05) is 10.7 Å². The zero-order chi connectivity index (χ0) is 13.5. The first-order valence-corrected chi connectivity index (χ1v) is 6.57. The van der Waals surface area contributed by atoms with Crippen molar-refractivity contribution in [3.63, 3.8) is 0 Å². The van der Waals surface area contributed by atoms with Gasteiger partial charge in [0.25, 0.3) is 5.91 Å². The van der Waals surface area contributed by atoms with E-state index < -0.39 is 0 Å². The summed E-state index contributed by atoms with van der Waals surface area (Å²) in [4.78, 5) is 12.1. The number of benzene rings is 1. The number of aryl methyl sites for hydroxylation is 1. The molecule has 1 aliphatic carbocycles. The monoisotopic (exact) mass is 275 g/mol. The van der Waals surface area contributed by atoms with Crippen molar-refractivity contribution in [2.24, 2.45) is 0 Å². The summed E-state index contributed by atoms with van der Waals surface area (Å²) < 4.78 is 0. The number of halogens is 1. The van der Waals surface area contributed by atoms with Crippen LogP contribution in [0.2, 0.25) is 5.02 Å². The van der Waals surface area contributed by atoms with Crippen LogP contribution in [0.1, 0.15) is 34.6 Å². The highest BCUT2D eigenvalue weighted by atomic mass is 35.5. The largest absolute Gasteiger partial charge is 0.341 e. The van der Waals surface area contributed by atoms with E-state index in [0.717, 1.165) is 24.1 Å². The Labute approximate surface area is 116 Å². The lowest BCUT2D eigenvalue weighted by Gasteiger charge is -2.17. The van der Waals surface area contributed by atoms with Gasteiger partial charge in [-0.2, -0.15) is 5.10 Å². The van der Waals surface area contributed by atoms with Gasteiger partial charge in [0.2, 0.25) is 0 Å². The second-order valence-corrected chi connectivity index (χ2v) is 5.42.